The molecular weight excluding hydrogens is 308 g/mol. The monoisotopic (exact) mass is 325 g/mol. The first kappa shape index (κ1) is 16.0. The second-order valence-corrected chi connectivity index (χ2v) is 5.88. The highest BCUT2D eigenvalue weighted by Gasteiger charge is 2.39. The van der Waals surface area contributed by atoms with Crippen LogP contribution in [-0.2, 0) is 9.53 Å². The quantitative estimate of drug-likeness (QED) is 0.371. The smallest absolute Gasteiger partial charge is 0.269 e. The van der Waals surface area contributed by atoms with Crippen LogP contribution in [0.3, 0.4) is 0 Å². The van der Waals surface area contributed by atoms with Gasteiger partial charge in [-0.05, 0) is 35.3 Å². The summed E-state index contributed by atoms with van der Waals surface area (Å²) in [6.45, 7) is 0.550. The van der Waals surface area contributed by atoms with Crippen molar-refractivity contribution in [2.24, 2.45) is 5.41 Å². The number of nitro groups is 1. The maximum Gasteiger partial charge on any atom is 0.269 e. The fourth-order valence-electron chi connectivity index (χ4n) is 3.00. The zero-order valence-corrected chi connectivity index (χ0v) is 13.4. The van der Waals surface area contributed by atoms with Crippen LogP contribution in [0, 0.1) is 21.6 Å². The number of nitrogens with zero attached hydrogens (tertiary/aromatic N) is 2. The fraction of sp³-hybridized carbons (Fsp3) is 0.222. The normalized spacial score (nSPS) is 20.4. The molecule has 0 radical (unpaired) electrons. The number of rotatable bonds is 3. The van der Waals surface area contributed by atoms with Gasteiger partial charge in [0, 0.05) is 38.4 Å². The number of carbonyl (C=O) groups excluding carboxylic acids is 1. The summed E-state index contributed by atoms with van der Waals surface area (Å²) in [6.07, 6.45) is 10.2. The van der Waals surface area contributed by atoms with Gasteiger partial charge in [-0.1, -0.05) is 0 Å². The number of carbonyl (C=O) groups is 1. The third kappa shape index (κ3) is 2.72. The minimum Gasteiger partial charge on any atom is -0.410 e. The van der Waals surface area contributed by atoms with Crippen LogP contribution in [0.2, 0.25) is 0 Å². The first-order chi connectivity index (χ1) is 11.4. The molecule has 1 saturated heterocycles. The van der Waals surface area contributed by atoms with Crippen molar-refractivity contribution >= 4 is 17.7 Å². The van der Waals surface area contributed by atoms with Gasteiger partial charge in [0.1, 0.15) is 0 Å². The SMILES string of the molecule is CO[C-]1C=CC2(C=C1)CN(C)C(=O)/C2=C\c1ccc([N+](=O)[O-])cc1. The highest BCUT2D eigenvalue weighted by molar-refractivity contribution is 6.02. The molecule has 0 bridgehead atoms. The van der Waals surface area contributed by atoms with Gasteiger partial charge in [0.25, 0.3) is 5.69 Å². The number of non-ortho nitro benzene ring substituents is 1. The van der Waals surface area contributed by atoms with Gasteiger partial charge >= 0.3 is 0 Å². The van der Waals surface area contributed by atoms with Crippen molar-refractivity contribution in [1.82, 2.24) is 4.90 Å². The van der Waals surface area contributed by atoms with Gasteiger partial charge in [-0.3, -0.25) is 14.9 Å². The van der Waals surface area contributed by atoms with Crippen molar-refractivity contribution in [3.8, 4) is 0 Å². The molecule has 1 aromatic rings. The summed E-state index contributed by atoms with van der Waals surface area (Å²) in [6, 6.07) is 6.16. The zero-order valence-electron chi connectivity index (χ0n) is 13.4. The van der Waals surface area contributed by atoms with Gasteiger partial charge in [0.2, 0.25) is 5.91 Å². The van der Waals surface area contributed by atoms with Gasteiger partial charge in [0.05, 0.1) is 4.92 Å². The third-order valence-corrected chi connectivity index (χ3v) is 4.32. The lowest BCUT2D eigenvalue weighted by molar-refractivity contribution is -0.384. The second kappa shape index (κ2) is 5.98. The molecule has 1 aliphatic carbocycles. The number of hydrogen-bond acceptors (Lipinski definition) is 4. The molecule has 1 aliphatic heterocycles. The minimum absolute atomic E-state index is 0.0264. The molecule has 1 aromatic carbocycles. The van der Waals surface area contributed by atoms with Crippen molar-refractivity contribution in [3.05, 3.63) is 75.9 Å². The summed E-state index contributed by atoms with van der Waals surface area (Å²) < 4.78 is 5.20. The molecule has 0 atom stereocenters. The maximum atomic E-state index is 12.6. The van der Waals surface area contributed by atoms with E-state index in [1.807, 2.05) is 24.3 Å². The van der Waals surface area contributed by atoms with Gasteiger partial charge < -0.3 is 9.64 Å². The second-order valence-electron chi connectivity index (χ2n) is 5.88. The Kier molecular flexibility index (Phi) is 3.99. The molecule has 0 unspecified atom stereocenters. The van der Waals surface area contributed by atoms with E-state index >= 15 is 0 Å². The van der Waals surface area contributed by atoms with Crippen LogP contribution >= 0.6 is 0 Å². The molecule has 0 aromatic heterocycles. The van der Waals surface area contributed by atoms with Crippen LogP contribution in [0.5, 0.6) is 0 Å². The molecule has 124 valence electrons. The van der Waals surface area contributed by atoms with Crippen molar-refractivity contribution < 1.29 is 14.5 Å². The summed E-state index contributed by atoms with van der Waals surface area (Å²) >= 11 is 0. The molecule has 6 heteroatoms. The van der Waals surface area contributed by atoms with E-state index in [0.717, 1.165) is 11.7 Å². The number of hydrogen-bond donors (Lipinski definition) is 0. The van der Waals surface area contributed by atoms with Crippen LogP contribution in [0.15, 0.2) is 54.1 Å². The summed E-state index contributed by atoms with van der Waals surface area (Å²) in [5.74, 6) is -0.0523. The summed E-state index contributed by atoms with van der Waals surface area (Å²) in [4.78, 5) is 24.5. The number of nitro benzene ring substituents is 1. The molecule has 1 fully saturated rings. The molecule has 0 saturated carbocycles. The number of methoxy groups -OCH3 is 1. The van der Waals surface area contributed by atoms with Crippen LogP contribution in [-0.4, -0.2) is 36.4 Å². The molecule has 1 amide bonds. The van der Waals surface area contributed by atoms with E-state index in [-0.39, 0.29) is 11.6 Å². The average molecular weight is 325 g/mol. The number of likely N-dealkylation sites (tertiary alicyclic amines) is 1. The van der Waals surface area contributed by atoms with Crippen LogP contribution in [0.1, 0.15) is 5.56 Å². The molecule has 1 spiro atoms. The van der Waals surface area contributed by atoms with E-state index in [1.165, 1.54) is 12.1 Å². The Morgan fingerprint density at radius 2 is 1.92 bits per heavy atom. The van der Waals surface area contributed by atoms with Gasteiger partial charge in [0.15, 0.2) is 0 Å². The molecule has 24 heavy (non-hydrogen) atoms. The van der Waals surface area contributed by atoms with Gasteiger partial charge in [-0.15, -0.1) is 12.2 Å². The predicted octanol–water partition coefficient (Wildman–Crippen LogP) is 2.74. The Bertz CT molecular complexity index is 748. The predicted molar refractivity (Wildman–Crippen MR) is 89.7 cm³/mol. The zero-order chi connectivity index (χ0) is 17.3. The number of ether oxygens (including phenoxy) is 1. The minimum atomic E-state index is -0.504. The Morgan fingerprint density at radius 1 is 1.29 bits per heavy atom. The number of likely N-dealkylation sites (N-methyl/N-ethyl adjacent to an activating group) is 1. The van der Waals surface area contributed by atoms with E-state index in [2.05, 4.69) is 0 Å². The van der Waals surface area contributed by atoms with E-state index in [0.29, 0.717) is 12.1 Å². The Balaban J connectivity index is 1.98. The Hall–Kier alpha value is -2.86. The summed E-state index contributed by atoms with van der Waals surface area (Å²) in [5, 5.41) is 10.8. The highest BCUT2D eigenvalue weighted by Crippen LogP contribution is 2.42. The molecule has 3 rings (SSSR count). The van der Waals surface area contributed by atoms with Crippen molar-refractivity contribution in [2.75, 3.05) is 20.7 Å². The molecule has 2 aliphatic rings. The van der Waals surface area contributed by atoms with Crippen molar-refractivity contribution in [3.63, 3.8) is 0 Å². The Morgan fingerprint density at radius 3 is 2.46 bits per heavy atom. The first-order valence-corrected chi connectivity index (χ1v) is 7.47. The number of benzene rings is 1. The van der Waals surface area contributed by atoms with Crippen molar-refractivity contribution in [1.29, 1.82) is 0 Å². The van der Waals surface area contributed by atoms with Gasteiger partial charge in [-0.25, -0.2) is 0 Å². The lowest BCUT2D eigenvalue weighted by Crippen LogP contribution is -2.24. The third-order valence-electron chi connectivity index (χ3n) is 4.32. The molecule has 6 nitrogen and oxygen atoms in total. The lowest BCUT2D eigenvalue weighted by Gasteiger charge is -2.33. The Labute approximate surface area is 139 Å². The van der Waals surface area contributed by atoms with Crippen molar-refractivity contribution in [2.45, 2.75) is 0 Å². The number of amides is 1. The van der Waals surface area contributed by atoms with E-state index in [4.69, 9.17) is 4.74 Å². The van der Waals surface area contributed by atoms with Gasteiger partial charge in [-0.2, -0.15) is 12.2 Å². The maximum absolute atomic E-state index is 12.6. The van der Waals surface area contributed by atoms with Crippen LogP contribution in [0.4, 0.5) is 5.69 Å². The highest BCUT2D eigenvalue weighted by atomic mass is 16.6. The summed E-state index contributed by atoms with van der Waals surface area (Å²) in [5.41, 5.74) is 0.914. The molecule has 0 N–H and O–H groups in total. The fourth-order valence-corrected chi connectivity index (χ4v) is 3.00. The standard InChI is InChI=1S/C18H17N2O4/c1-19-12-18(9-7-15(24-2)8-10-18)16(17(19)21)11-13-3-5-14(6-4-13)20(22)23/h3-11H,12H2,1-2H3/q-1/b16-11+. The average Bonchev–Trinajstić information content (AvgIpc) is 2.80. The van der Waals surface area contributed by atoms with E-state index in [9.17, 15) is 14.9 Å². The lowest BCUT2D eigenvalue weighted by atomic mass is 9.78. The van der Waals surface area contributed by atoms with E-state index < -0.39 is 10.3 Å². The summed E-state index contributed by atoms with van der Waals surface area (Å²) in [7, 11) is 3.36. The van der Waals surface area contributed by atoms with E-state index in [1.54, 1.807) is 37.3 Å². The topological polar surface area (TPSA) is 72.7 Å². The van der Waals surface area contributed by atoms with Crippen LogP contribution in [0.25, 0.3) is 6.08 Å². The molecular formula is C18H17N2O4-. The largest absolute Gasteiger partial charge is 0.410 e. The molecule has 1 heterocycles. The first-order valence-electron chi connectivity index (χ1n) is 7.47. The van der Waals surface area contributed by atoms with Crippen LogP contribution < -0.4 is 0 Å².